The van der Waals surface area contributed by atoms with E-state index in [2.05, 4.69) is 5.32 Å². The molecule has 4 heteroatoms. The molecule has 1 amide bonds. The van der Waals surface area contributed by atoms with Crippen LogP contribution in [0.5, 0.6) is 0 Å². The summed E-state index contributed by atoms with van der Waals surface area (Å²) in [7, 11) is 0. The Balaban J connectivity index is 2.19. The van der Waals surface area contributed by atoms with E-state index in [1.165, 1.54) is 37.4 Å². The number of hydrogen-bond acceptors (Lipinski definition) is 3. The van der Waals surface area contributed by atoms with Gasteiger partial charge in [-0.2, -0.15) is 0 Å². The van der Waals surface area contributed by atoms with Crippen LogP contribution in [0.25, 0.3) is 0 Å². The van der Waals surface area contributed by atoms with E-state index in [9.17, 15) is 9.90 Å². The zero-order valence-electron chi connectivity index (χ0n) is 10.9. The van der Waals surface area contributed by atoms with Crippen molar-refractivity contribution >= 4 is 17.7 Å². The maximum atomic E-state index is 11.7. The minimum absolute atomic E-state index is 0.120. The summed E-state index contributed by atoms with van der Waals surface area (Å²) in [6.07, 6.45) is 6.99. The summed E-state index contributed by atoms with van der Waals surface area (Å²) < 4.78 is 0. The van der Waals surface area contributed by atoms with Gasteiger partial charge in [0.15, 0.2) is 0 Å². The minimum atomic E-state index is -0.356. The van der Waals surface area contributed by atoms with Gasteiger partial charge in [-0.3, -0.25) is 4.79 Å². The second kappa shape index (κ2) is 7.98. The smallest absolute Gasteiger partial charge is 0.230 e. The Morgan fingerprint density at radius 2 is 1.88 bits per heavy atom. The van der Waals surface area contributed by atoms with Crippen molar-refractivity contribution in [3.8, 4) is 0 Å². The van der Waals surface area contributed by atoms with Gasteiger partial charge in [0.25, 0.3) is 0 Å². The van der Waals surface area contributed by atoms with E-state index < -0.39 is 0 Å². The normalized spacial score (nSPS) is 21.6. The van der Waals surface area contributed by atoms with Crippen molar-refractivity contribution in [2.24, 2.45) is 0 Å². The van der Waals surface area contributed by atoms with Crippen LogP contribution in [0.2, 0.25) is 0 Å². The molecule has 17 heavy (non-hydrogen) atoms. The Morgan fingerprint density at radius 1 is 1.29 bits per heavy atom. The molecule has 2 N–H and O–H groups in total. The Morgan fingerprint density at radius 3 is 2.41 bits per heavy atom. The topological polar surface area (TPSA) is 49.3 Å². The molecule has 0 heterocycles. The van der Waals surface area contributed by atoms with Crippen LogP contribution in [0.4, 0.5) is 0 Å². The average Bonchev–Trinajstić information content (AvgIpc) is 2.54. The first-order valence-electron chi connectivity index (χ1n) is 6.68. The van der Waals surface area contributed by atoms with E-state index in [1.807, 2.05) is 6.92 Å². The number of hydrogen-bond donors (Lipinski definition) is 2. The third kappa shape index (κ3) is 6.32. The molecular formula is C13H25NO2S. The SMILES string of the molecule is CC(O)C(C)SCC(=O)NC1CCCCCC1. The first kappa shape index (κ1) is 14.8. The first-order valence-corrected chi connectivity index (χ1v) is 7.73. The standard InChI is InChI=1S/C13H25NO2S/c1-10(15)11(2)17-9-13(16)14-12-7-5-3-4-6-8-12/h10-12,15H,3-9H2,1-2H3,(H,14,16). The van der Waals surface area contributed by atoms with Gasteiger partial charge in [-0.25, -0.2) is 0 Å². The van der Waals surface area contributed by atoms with Crippen LogP contribution in [0, 0.1) is 0 Å². The third-order valence-corrected chi connectivity index (χ3v) is 4.73. The molecule has 0 aliphatic heterocycles. The number of carbonyl (C=O) groups excluding carboxylic acids is 1. The quantitative estimate of drug-likeness (QED) is 0.745. The van der Waals surface area contributed by atoms with Gasteiger partial charge >= 0.3 is 0 Å². The number of nitrogens with one attached hydrogen (secondary N) is 1. The highest BCUT2D eigenvalue weighted by atomic mass is 32.2. The summed E-state index contributed by atoms with van der Waals surface area (Å²) in [4.78, 5) is 11.7. The van der Waals surface area contributed by atoms with Gasteiger partial charge in [-0.1, -0.05) is 32.6 Å². The molecule has 100 valence electrons. The van der Waals surface area contributed by atoms with E-state index >= 15 is 0 Å². The van der Waals surface area contributed by atoms with Crippen molar-refractivity contribution in [1.82, 2.24) is 5.32 Å². The number of aliphatic hydroxyl groups is 1. The van der Waals surface area contributed by atoms with Gasteiger partial charge in [0, 0.05) is 11.3 Å². The van der Waals surface area contributed by atoms with Crippen molar-refractivity contribution in [3.05, 3.63) is 0 Å². The zero-order chi connectivity index (χ0) is 12.7. The molecule has 0 saturated heterocycles. The molecule has 0 aromatic heterocycles. The molecule has 0 bridgehead atoms. The molecule has 1 saturated carbocycles. The van der Waals surface area contributed by atoms with Crippen LogP contribution in [0.1, 0.15) is 52.4 Å². The maximum absolute atomic E-state index is 11.7. The molecule has 1 aliphatic rings. The molecule has 0 radical (unpaired) electrons. The molecule has 2 atom stereocenters. The fourth-order valence-electron chi connectivity index (χ4n) is 2.04. The predicted molar refractivity (Wildman–Crippen MR) is 73.2 cm³/mol. The van der Waals surface area contributed by atoms with Crippen LogP contribution in [-0.4, -0.2) is 34.2 Å². The van der Waals surface area contributed by atoms with E-state index in [1.54, 1.807) is 6.92 Å². The molecule has 3 nitrogen and oxygen atoms in total. The molecule has 1 fully saturated rings. The van der Waals surface area contributed by atoms with Crippen molar-refractivity contribution in [2.45, 2.75) is 69.8 Å². The Labute approximate surface area is 109 Å². The van der Waals surface area contributed by atoms with Crippen molar-refractivity contribution < 1.29 is 9.90 Å². The molecule has 1 rings (SSSR count). The highest BCUT2D eigenvalue weighted by Crippen LogP contribution is 2.18. The fraction of sp³-hybridized carbons (Fsp3) is 0.923. The highest BCUT2D eigenvalue weighted by Gasteiger charge is 2.16. The summed E-state index contributed by atoms with van der Waals surface area (Å²) in [6.45, 7) is 3.72. The number of carbonyl (C=O) groups is 1. The van der Waals surface area contributed by atoms with Crippen molar-refractivity contribution in [1.29, 1.82) is 0 Å². The Kier molecular flexibility index (Phi) is 6.97. The highest BCUT2D eigenvalue weighted by molar-refractivity contribution is 8.00. The van der Waals surface area contributed by atoms with Gasteiger partial charge in [-0.15, -0.1) is 11.8 Å². The van der Waals surface area contributed by atoms with Gasteiger partial charge in [0.1, 0.15) is 0 Å². The van der Waals surface area contributed by atoms with Gasteiger partial charge < -0.3 is 10.4 Å². The summed E-state index contributed by atoms with van der Waals surface area (Å²) in [5.74, 6) is 0.581. The molecule has 0 spiro atoms. The summed E-state index contributed by atoms with van der Waals surface area (Å²) in [6, 6.07) is 0.382. The molecule has 2 unspecified atom stereocenters. The largest absolute Gasteiger partial charge is 0.392 e. The van der Waals surface area contributed by atoms with Crippen LogP contribution >= 0.6 is 11.8 Å². The lowest BCUT2D eigenvalue weighted by Gasteiger charge is -2.18. The predicted octanol–water partition coefficient (Wildman–Crippen LogP) is 2.33. The number of amides is 1. The summed E-state index contributed by atoms with van der Waals surface area (Å²) in [5, 5.41) is 12.6. The Bertz CT molecular complexity index is 225. The van der Waals surface area contributed by atoms with Crippen LogP contribution in [0.3, 0.4) is 0 Å². The van der Waals surface area contributed by atoms with Crippen molar-refractivity contribution in [3.63, 3.8) is 0 Å². The molecule has 0 aromatic rings. The number of aliphatic hydroxyl groups excluding tert-OH is 1. The van der Waals surface area contributed by atoms with Gasteiger partial charge in [-0.05, 0) is 19.8 Å². The number of rotatable bonds is 5. The lowest BCUT2D eigenvalue weighted by molar-refractivity contribution is -0.119. The molecule has 1 aliphatic carbocycles. The van der Waals surface area contributed by atoms with Gasteiger partial charge in [0.05, 0.1) is 11.9 Å². The Hall–Kier alpha value is -0.220. The second-order valence-electron chi connectivity index (χ2n) is 5.01. The van der Waals surface area contributed by atoms with Crippen LogP contribution < -0.4 is 5.32 Å². The monoisotopic (exact) mass is 259 g/mol. The lowest BCUT2D eigenvalue weighted by Crippen LogP contribution is -2.36. The first-order chi connectivity index (χ1) is 8.09. The third-order valence-electron chi connectivity index (χ3n) is 3.38. The minimum Gasteiger partial charge on any atom is -0.392 e. The summed E-state index contributed by atoms with van der Waals surface area (Å²) >= 11 is 1.52. The van der Waals surface area contributed by atoms with E-state index in [0.717, 1.165) is 12.8 Å². The average molecular weight is 259 g/mol. The van der Waals surface area contributed by atoms with Gasteiger partial charge in [0.2, 0.25) is 5.91 Å². The van der Waals surface area contributed by atoms with E-state index in [0.29, 0.717) is 11.8 Å². The molecular weight excluding hydrogens is 234 g/mol. The zero-order valence-corrected chi connectivity index (χ0v) is 11.8. The number of thioether (sulfide) groups is 1. The second-order valence-corrected chi connectivity index (χ2v) is 6.38. The van der Waals surface area contributed by atoms with Crippen LogP contribution in [0.15, 0.2) is 0 Å². The van der Waals surface area contributed by atoms with Crippen LogP contribution in [-0.2, 0) is 4.79 Å². The van der Waals surface area contributed by atoms with E-state index in [4.69, 9.17) is 0 Å². The molecule has 0 aromatic carbocycles. The lowest BCUT2D eigenvalue weighted by atomic mass is 10.1. The fourth-order valence-corrected chi connectivity index (χ4v) is 2.82. The van der Waals surface area contributed by atoms with Crippen molar-refractivity contribution in [2.75, 3.05) is 5.75 Å². The maximum Gasteiger partial charge on any atom is 0.230 e. The summed E-state index contributed by atoms with van der Waals surface area (Å²) in [5.41, 5.74) is 0. The van der Waals surface area contributed by atoms with E-state index in [-0.39, 0.29) is 17.3 Å².